The van der Waals surface area contributed by atoms with Gasteiger partial charge in [-0.3, -0.25) is 0 Å². The molecule has 2 aromatic heterocycles. The van der Waals surface area contributed by atoms with E-state index < -0.39 is 0 Å². The van der Waals surface area contributed by atoms with Crippen molar-refractivity contribution in [2.45, 2.75) is 27.7 Å². The van der Waals surface area contributed by atoms with Crippen LogP contribution < -0.4 is 4.90 Å². The Balaban J connectivity index is 2.08. The minimum absolute atomic E-state index is 0.322. The lowest BCUT2D eigenvalue weighted by molar-refractivity contribution is 0.0526. The normalized spacial score (nSPS) is 15.9. The van der Waals surface area contributed by atoms with Gasteiger partial charge in [-0.1, -0.05) is 6.92 Å². The minimum atomic E-state index is -0.380. The largest absolute Gasteiger partial charge is 0.462 e. The zero-order valence-corrected chi connectivity index (χ0v) is 14.8. The number of fused-ring (bicyclic) bond motifs is 1. The van der Waals surface area contributed by atoms with E-state index in [-0.39, 0.29) is 5.97 Å². The molecule has 1 aliphatic heterocycles. The molecular formula is C17H24N4O3. The van der Waals surface area contributed by atoms with E-state index in [1.807, 2.05) is 6.92 Å². The monoisotopic (exact) mass is 332 g/mol. The first-order valence-electron chi connectivity index (χ1n) is 8.47. The Bertz CT molecular complexity index is 748. The second-order valence-corrected chi connectivity index (χ2v) is 5.95. The second kappa shape index (κ2) is 6.76. The summed E-state index contributed by atoms with van der Waals surface area (Å²) in [4.78, 5) is 26.0. The topological polar surface area (TPSA) is 71.7 Å². The average Bonchev–Trinajstić information content (AvgIpc) is 2.90. The van der Waals surface area contributed by atoms with Crippen LogP contribution in [0.3, 0.4) is 0 Å². The molecule has 0 aromatic carbocycles. The molecule has 0 radical (unpaired) electrons. The number of aromatic nitrogens is 2. The minimum Gasteiger partial charge on any atom is -0.462 e. The molecule has 0 unspecified atom stereocenters. The maximum absolute atomic E-state index is 12.4. The summed E-state index contributed by atoms with van der Waals surface area (Å²) in [5, 5.41) is 0.668. The van der Waals surface area contributed by atoms with Crippen LogP contribution in [0.25, 0.3) is 11.1 Å². The van der Waals surface area contributed by atoms with Gasteiger partial charge in [-0.15, -0.1) is 0 Å². The first-order chi connectivity index (χ1) is 11.5. The third-order valence-corrected chi connectivity index (χ3v) is 4.42. The Kier molecular flexibility index (Phi) is 4.71. The number of piperazine rings is 1. The molecule has 24 heavy (non-hydrogen) atoms. The van der Waals surface area contributed by atoms with Crippen LogP contribution in [0.4, 0.5) is 5.82 Å². The number of esters is 1. The van der Waals surface area contributed by atoms with E-state index in [9.17, 15) is 4.79 Å². The van der Waals surface area contributed by atoms with E-state index in [0.29, 0.717) is 34.9 Å². The van der Waals surface area contributed by atoms with Gasteiger partial charge < -0.3 is 19.0 Å². The van der Waals surface area contributed by atoms with E-state index in [0.717, 1.165) is 38.5 Å². The smallest absolute Gasteiger partial charge is 0.342 e. The van der Waals surface area contributed by atoms with E-state index >= 15 is 0 Å². The SMILES string of the molecule is CCOC(=O)c1c(C)oc2nc(C)nc(N3CCN(CC)CC3)c12. The molecule has 0 atom stereocenters. The van der Waals surface area contributed by atoms with Gasteiger partial charge in [0.15, 0.2) is 0 Å². The summed E-state index contributed by atoms with van der Waals surface area (Å²) in [5.74, 6) is 1.55. The van der Waals surface area contributed by atoms with Crippen LogP contribution in [0.15, 0.2) is 4.42 Å². The number of hydrogen-bond donors (Lipinski definition) is 0. The number of rotatable bonds is 4. The highest BCUT2D eigenvalue weighted by Gasteiger charge is 2.28. The van der Waals surface area contributed by atoms with Crippen LogP contribution in [-0.4, -0.2) is 60.2 Å². The number of hydrogen-bond acceptors (Lipinski definition) is 7. The fourth-order valence-electron chi connectivity index (χ4n) is 3.15. The fourth-order valence-corrected chi connectivity index (χ4v) is 3.15. The number of likely N-dealkylation sites (N-methyl/N-ethyl adjacent to an activating group) is 1. The van der Waals surface area contributed by atoms with E-state index in [4.69, 9.17) is 9.15 Å². The van der Waals surface area contributed by atoms with Crippen LogP contribution in [-0.2, 0) is 4.74 Å². The third-order valence-electron chi connectivity index (χ3n) is 4.42. The molecule has 1 fully saturated rings. The van der Waals surface area contributed by atoms with Crippen molar-refractivity contribution in [1.82, 2.24) is 14.9 Å². The van der Waals surface area contributed by atoms with Crippen LogP contribution in [0.2, 0.25) is 0 Å². The molecule has 0 spiro atoms. The maximum Gasteiger partial charge on any atom is 0.342 e. The quantitative estimate of drug-likeness (QED) is 0.794. The van der Waals surface area contributed by atoms with Crippen molar-refractivity contribution in [2.24, 2.45) is 0 Å². The maximum atomic E-state index is 12.4. The number of aryl methyl sites for hydroxylation is 2. The van der Waals surface area contributed by atoms with Gasteiger partial charge >= 0.3 is 5.97 Å². The highest BCUT2D eigenvalue weighted by molar-refractivity contribution is 6.08. The van der Waals surface area contributed by atoms with Gasteiger partial charge in [0.25, 0.3) is 0 Å². The average molecular weight is 332 g/mol. The standard InChI is InChI=1S/C17H24N4O3/c1-5-20-7-9-21(10-8-20)15-14-13(17(22)23-6-2)11(3)24-16(14)19-12(4)18-15/h5-10H2,1-4H3. The summed E-state index contributed by atoms with van der Waals surface area (Å²) in [6.07, 6.45) is 0. The molecule has 0 aliphatic carbocycles. The number of nitrogens with zero attached hydrogens (tertiary/aromatic N) is 4. The summed E-state index contributed by atoms with van der Waals surface area (Å²) in [6.45, 7) is 12.6. The number of carbonyl (C=O) groups is 1. The van der Waals surface area contributed by atoms with Gasteiger partial charge in [-0.05, 0) is 27.3 Å². The highest BCUT2D eigenvalue weighted by Crippen LogP contribution is 2.32. The molecule has 0 saturated carbocycles. The van der Waals surface area contributed by atoms with Gasteiger partial charge in [0.05, 0.1) is 12.0 Å². The molecule has 1 aliphatic rings. The van der Waals surface area contributed by atoms with Crippen molar-refractivity contribution < 1.29 is 13.9 Å². The lowest BCUT2D eigenvalue weighted by Gasteiger charge is -2.35. The summed E-state index contributed by atoms with van der Waals surface area (Å²) >= 11 is 0. The zero-order valence-electron chi connectivity index (χ0n) is 14.8. The first-order valence-corrected chi connectivity index (χ1v) is 8.47. The second-order valence-electron chi connectivity index (χ2n) is 5.95. The Hall–Kier alpha value is -2.15. The number of carbonyl (C=O) groups excluding carboxylic acids is 1. The van der Waals surface area contributed by atoms with Crippen molar-refractivity contribution in [3.05, 3.63) is 17.1 Å². The highest BCUT2D eigenvalue weighted by atomic mass is 16.5. The third kappa shape index (κ3) is 2.96. The van der Waals surface area contributed by atoms with E-state index in [1.165, 1.54) is 0 Å². The van der Waals surface area contributed by atoms with Crippen molar-refractivity contribution in [3.63, 3.8) is 0 Å². The van der Waals surface area contributed by atoms with Gasteiger partial charge in [0.1, 0.15) is 23.0 Å². The zero-order chi connectivity index (χ0) is 17.3. The van der Waals surface area contributed by atoms with Crippen molar-refractivity contribution in [2.75, 3.05) is 44.2 Å². The summed E-state index contributed by atoms with van der Waals surface area (Å²) in [7, 11) is 0. The Morgan fingerprint density at radius 3 is 2.50 bits per heavy atom. The van der Waals surface area contributed by atoms with Gasteiger partial charge in [-0.25, -0.2) is 9.78 Å². The Morgan fingerprint density at radius 1 is 1.17 bits per heavy atom. The van der Waals surface area contributed by atoms with E-state index in [1.54, 1.807) is 13.8 Å². The summed E-state index contributed by atoms with van der Waals surface area (Å²) < 4.78 is 10.9. The van der Waals surface area contributed by atoms with Crippen LogP contribution in [0.1, 0.15) is 35.8 Å². The Morgan fingerprint density at radius 2 is 1.88 bits per heavy atom. The molecular weight excluding hydrogens is 308 g/mol. The summed E-state index contributed by atoms with van der Waals surface area (Å²) in [5.41, 5.74) is 0.899. The molecule has 130 valence electrons. The Labute approximate surface area is 141 Å². The van der Waals surface area contributed by atoms with Crippen LogP contribution in [0.5, 0.6) is 0 Å². The van der Waals surface area contributed by atoms with Crippen LogP contribution >= 0.6 is 0 Å². The summed E-state index contributed by atoms with van der Waals surface area (Å²) in [6, 6.07) is 0. The van der Waals surface area contributed by atoms with Crippen molar-refractivity contribution in [1.29, 1.82) is 0 Å². The lowest BCUT2D eigenvalue weighted by Crippen LogP contribution is -2.46. The first kappa shape index (κ1) is 16.7. The van der Waals surface area contributed by atoms with Crippen molar-refractivity contribution >= 4 is 22.9 Å². The molecule has 7 nitrogen and oxygen atoms in total. The molecule has 1 saturated heterocycles. The van der Waals surface area contributed by atoms with Gasteiger partial charge in [-0.2, -0.15) is 4.98 Å². The van der Waals surface area contributed by atoms with Gasteiger partial charge in [0.2, 0.25) is 5.71 Å². The molecule has 3 heterocycles. The fraction of sp³-hybridized carbons (Fsp3) is 0.588. The lowest BCUT2D eigenvalue weighted by atomic mass is 10.1. The molecule has 3 rings (SSSR count). The van der Waals surface area contributed by atoms with E-state index in [2.05, 4.69) is 26.7 Å². The van der Waals surface area contributed by atoms with Gasteiger partial charge in [0, 0.05) is 26.2 Å². The number of furan rings is 1. The molecule has 7 heteroatoms. The van der Waals surface area contributed by atoms with Crippen molar-refractivity contribution in [3.8, 4) is 0 Å². The molecule has 2 aromatic rings. The molecule has 0 amide bonds. The molecule has 0 N–H and O–H groups in total. The number of anilines is 1. The molecule has 0 bridgehead atoms. The predicted molar refractivity (Wildman–Crippen MR) is 91.6 cm³/mol. The number of ether oxygens (including phenoxy) is 1. The van der Waals surface area contributed by atoms with Crippen LogP contribution in [0, 0.1) is 13.8 Å². The predicted octanol–water partition coefficient (Wildman–Crippen LogP) is 2.16.